The molecular weight excluding hydrogens is 465 g/mol. The van der Waals surface area contributed by atoms with E-state index in [4.69, 9.17) is 4.99 Å². The SMILES string of the molecule is CCNC(=NCc1ccccc1-n1ccnc1)NCC(CC)(CC)CCO.I. The van der Waals surface area contributed by atoms with Gasteiger partial charge in [0, 0.05) is 32.1 Å². The van der Waals surface area contributed by atoms with Crippen molar-refractivity contribution in [3.05, 3.63) is 48.5 Å². The van der Waals surface area contributed by atoms with Crippen LogP contribution in [0.3, 0.4) is 0 Å². The molecule has 28 heavy (non-hydrogen) atoms. The fraction of sp³-hybridized carbons (Fsp3) is 0.524. The van der Waals surface area contributed by atoms with Crippen LogP contribution in [0.1, 0.15) is 45.6 Å². The molecule has 156 valence electrons. The lowest BCUT2D eigenvalue weighted by Gasteiger charge is -2.32. The Bertz CT molecular complexity index is 699. The first-order chi connectivity index (χ1) is 13.2. The van der Waals surface area contributed by atoms with Crippen molar-refractivity contribution in [3.63, 3.8) is 0 Å². The van der Waals surface area contributed by atoms with Gasteiger partial charge in [0.2, 0.25) is 0 Å². The molecule has 3 N–H and O–H groups in total. The molecule has 6 nitrogen and oxygen atoms in total. The van der Waals surface area contributed by atoms with E-state index in [2.05, 4.69) is 48.5 Å². The van der Waals surface area contributed by atoms with E-state index in [1.165, 1.54) is 0 Å². The fourth-order valence-electron chi connectivity index (χ4n) is 3.25. The number of aliphatic hydroxyl groups excluding tert-OH is 1. The molecule has 1 aromatic heterocycles. The molecule has 1 aromatic carbocycles. The van der Waals surface area contributed by atoms with Gasteiger partial charge in [-0.05, 0) is 43.2 Å². The first-order valence-corrected chi connectivity index (χ1v) is 9.87. The number of nitrogens with one attached hydrogen (secondary N) is 2. The maximum atomic E-state index is 9.42. The zero-order valence-corrected chi connectivity index (χ0v) is 19.5. The summed E-state index contributed by atoms with van der Waals surface area (Å²) in [5.41, 5.74) is 2.33. The lowest BCUT2D eigenvalue weighted by atomic mass is 9.79. The smallest absolute Gasteiger partial charge is 0.191 e. The maximum Gasteiger partial charge on any atom is 0.191 e. The molecule has 0 aliphatic carbocycles. The summed E-state index contributed by atoms with van der Waals surface area (Å²) in [5, 5.41) is 16.2. The molecule has 0 radical (unpaired) electrons. The molecule has 0 unspecified atom stereocenters. The number of nitrogens with zero attached hydrogens (tertiary/aromatic N) is 3. The third-order valence-corrected chi connectivity index (χ3v) is 5.30. The van der Waals surface area contributed by atoms with Crippen LogP contribution >= 0.6 is 24.0 Å². The van der Waals surface area contributed by atoms with Crippen LogP contribution in [0.4, 0.5) is 0 Å². The van der Waals surface area contributed by atoms with Gasteiger partial charge in [0.15, 0.2) is 5.96 Å². The normalized spacial score (nSPS) is 11.8. The number of rotatable bonds is 10. The molecule has 2 aromatic rings. The Morgan fingerprint density at radius 1 is 1.18 bits per heavy atom. The molecule has 0 aliphatic rings. The van der Waals surface area contributed by atoms with E-state index >= 15 is 0 Å². The summed E-state index contributed by atoms with van der Waals surface area (Å²) < 4.78 is 2.01. The molecule has 7 heteroatoms. The second-order valence-corrected chi connectivity index (χ2v) is 6.83. The van der Waals surface area contributed by atoms with E-state index in [1.54, 1.807) is 12.5 Å². The number of hydrogen-bond acceptors (Lipinski definition) is 3. The summed E-state index contributed by atoms with van der Waals surface area (Å²) in [6, 6.07) is 8.23. The van der Waals surface area contributed by atoms with Crippen molar-refractivity contribution in [1.82, 2.24) is 20.2 Å². The quantitative estimate of drug-likeness (QED) is 0.265. The average Bonchev–Trinajstić information content (AvgIpc) is 3.24. The van der Waals surface area contributed by atoms with Crippen LogP contribution in [0.5, 0.6) is 0 Å². The van der Waals surface area contributed by atoms with E-state index < -0.39 is 0 Å². The molecule has 2 rings (SSSR count). The highest BCUT2D eigenvalue weighted by atomic mass is 127. The zero-order chi connectivity index (χ0) is 19.5. The van der Waals surface area contributed by atoms with Crippen molar-refractivity contribution in [2.75, 3.05) is 19.7 Å². The van der Waals surface area contributed by atoms with Crippen LogP contribution in [0.2, 0.25) is 0 Å². The largest absolute Gasteiger partial charge is 0.396 e. The number of imidazole rings is 1. The van der Waals surface area contributed by atoms with Crippen LogP contribution in [0.25, 0.3) is 5.69 Å². The van der Waals surface area contributed by atoms with Gasteiger partial charge in [0.05, 0.1) is 18.6 Å². The van der Waals surface area contributed by atoms with Gasteiger partial charge in [-0.25, -0.2) is 9.98 Å². The molecule has 0 saturated carbocycles. The van der Waals surface area contributed by atoms with Crippen molar-refractivity contribution in [2.45, 2.75) is 46.6 Å². The number of benzene rings is 1. The first-order valence-electron chi connectivity index (χ1n) is 9.87. The number of hydrogen-bond donors (Lipinski definition) is 3. The van der Waals surface area contributed by atoms with Crippen LogP contribution in [-0.2, 0) is 6.54 Å². The highest BCUT2D eigenvalue weighted by Crippen LogP contribution is 2.29. The van der Waals surface area contributed by atoms with Gasteiger partial charge in [0.25, 0.3) is 0 Å². The van der Waals surface area contributed by atoms with E-state index in [0.29, 0.717) is 6.54 Å². The van der Waals surface area contributed by atoms with Crippen LogP contribution < -0.4 is 10.6 Å². The van der Waals surface area contributed by atoms with Gasteiger partial charge in [-0.3, -0.25) is 0 Å². The van der Waals surface area contributed by atoms with E-state index in [-0.39, 0.29) is 36.0 Å². The lowest BCUT2D eigenvalue weighted by molar-refractivity contribution is 0.169. The number of halogens is 1. The third kappa shape index (κ3) is 6.77. The van der Waals surface area contributed by atoms with Gasteiger partial charge in [0.1, 0.15) is 0 Å². The highest BCUT2D eigenvalue weighted by molar-refractivity contribution is 14.0. The molecule has 0 saturated heterocycles. The van der Waals surface area contributed by atoms with Crippen molar-refractivity contribution in [2.24, 2.45) is 10.4 Å². The predicted octanol–water partition coefficient (Wildman–Crippen LogP) is 3.73. The summed E-state index contributed by atoms with van der Waals surface area (Å²) in [5.74, 6) is 0.808. The zero-order valence-electron chi connectivity index (χ0n) is 17.2. The third-order valence-electron chi connectivity index (χ3n) is 5.30. The Labute approximate surface area is 185 Å². The molecule has 1 heterocycles. The summed E-state index contributed by atoms with van der Waals surface area (Å²) in [7, 11) is 0. The van der Waals surface area contributed by atoms with E-state index in [1.807, 2.05) is 22.9 Å². The van der Waals surface area contributed by atoms with Crippen molar-refractivity contribution in [3.8, 4) is 5.69 Å². The molecule has 0 fully saturated rings. The number of aliphatic hydroxyl groups is 1. The van der Waals surface area contributed by atoms with Gasteiger partial charge >= 0.3 is 0 Å². The van der Waals surface area contributed by atoms with E-state index in [9.17, 15) is 5.11 Å². The molecular formula is C21H34IN5O. The Balaban J connectivity index is 0.00000392. The summed E-state index contributed by atoms with van der Waals surface area (Å²) in [4.78, 5) is 8.92. The monoisotopic (exact) mass is 499 g/mol. The topological polar surface area (TPSA) is 74.5 Å². The minimum Gasteiger partial charge on any atom is -0.396 e. The van der Waals surface area contributed by atoms with Crippen LogP contribution in [0.15, 0.2) is 48.0 Å². The van der Waals surface area contributed by atoms with Crippen LogP contribution in [0, 0.1) is 5.41 Å². The minimum atomic E-state index is 0. The molecule has 0 atom stereocenters. The van der Waals surface area contributed by atoms with E-state index in [0.717, 1.165) is 49.6 Å². The van der Waals surface area contributed by atoms with Crippen molar-refractivity contribution in [1.29, 1.82) is 0 Å². The standard InChI is InChI=1S/C21H33N5O.HI/c1-4-21(5-2,11-14-27)16-25-20(23-6-3)24-15-18-9-7-8-10-19(18)26-13-12-22-17-26;/h7-10,12-13,17,27H,4-6,11,14-16H2,1-3H3,(H2,23,24,25);1H. The number of aromatic nitrogens is 2. The first kappa shape index (κ1) is 24.4. The Morgan fingerprint density at radius 2 is 1.93 bits per heavy atom. The van der Waals surface area contributed by atoms with Crippen molar-refractivity contribution >= 4 is 29.9 Å². The number of guanidine groups is 1. The van der Waals surface area contributed by atoms with Gasteiger partial charge in [-0.15, -0.1) is 24.0 Å². The van der Waals surface area contributed by atoms with Crippen molar-refractivity contribution < 1.29 is 5.11 Å². The van der Waals surface area contributed by atoms with Gasteiger partial charge in [-0.2, -0.15) is 0 Å². The summed E-state index contributed by atoms with van der Waals surface area (Å²) >= 11 is 0. The second-order valence-electron chi connectivity index (χ2n) is 6.83. The predicted molar refractivity (Wildman–Crippen MR) is 127 cm³/mol. The number of para-hydroxylation sites is 1. The highest BCUT2D eigenvalue weighted by Gasteiger charge is 2.25. The Morgan fingerprint density at radius 3 is 2.54 bits per heavy atom. The summed E-state index contributed by atoms with van der Waals surface area (Å²) in [6.07, 6.45) is 8.38. The maximum absolute atomic E-state index is 9.42. The second kappa shape index (κ2) is 12.8. The average molecular weight is 499 g/mol. The molecule has 0 bridgehead atoms. The fourth-order valence-corrected chi connectivity index (χ4v) is 3.25. The summed E-state index contributed by atoms with van der Waals surface area (Å²) in [6.45, 7) is 8.84. The number of aliphatic imine (C=N–C) groups is 1. The lowest BCUT2D eigenvalue weighted by Crippen LogP contribution is -2.43. The Kier molecular flexibility index (Phi) is 11.1. The molecule has 0 spiro atoms. The van der Waals surface area contributed by atoms with Gasteiger partial charge < -0.3 is 20.3 Å². The minimum absolute atomic E-state index is 0. The van der Waals surface area contributed by atoms with Gasteiger partial charge in [-0.1, -0.05) is 32.0 Å². The molecule has 0 aliphatic heterocycles. The van der Waals surface area contributed by atoms with Crippen LogP contribution in [-0.4, -0.2) is 40.3 Å². The Hall–Kier alpha value is -1.61. The molecule has 0 amide bonds.